The van der Waals surface area contributed by atoms with Gasteiger partial charge in [-0.3, -0.25) is 14.6 Å². The molecule has 0 aliphatic carbocycles. The number of aryl methyl sites for hydroxylation is 2. The van der Waals surface area contributed by atoms with E-state index in [1.54, 1.807) is 0 Å². The van der Waals surface area contributed by atoms with E-state index in [2.05, 4.69) is 4.90 Å². The predicted octanol–water partition coefficient (Wildman–Crippen LogP) is 3.19. The zero-order valence-electron chi connectivity index (χ0n) is 18.6. The molecule has 0 bridgehead atoms. The first-order chi connectivity index (χ1) is 15.7. The van der Waals surface area contributed by atoms with Crippen molar-refractivity contribution in [2.24, 2.45) is 0 Å². The third-order valence-corrected chi connectivity index (χ3v) is 8.50. The number of nitrogens with zero attached hydrogens (tertiary/aromatic N) is 3. The van der Waals surface area contributed by atoms with E-state index < -0.39 is 27.3 Å². The Labute approximate surface area is 196 Å². The zero-order valence-corrected chi connectivity index (χ0v) is 20.2. The van der Waals surface area contributed by atoms with Crippen LogP contribution in [-0.2, 0) is 19.4 Å². The fourth-order valence-corrected chi connectivity index (χ4v) is 5.96. The molecule has 1 aliphatic rings. The topological polar surface area (TPSA) is 79.8 Å². The normalized spacial score (nSPS) is 15.1. The summed E-state index contributed by atoms with van der Waals surface area (Å²) in [5.74, 6) is -1.80. The lowest BCUT2D eigenvalue weighted by Crippen LogP contribution is -2.44. The Kier molecular flexibility index (Phi) is 7.08. The highest BCUT2D eigenvalue weighted by molar-refractivity contribution is 7.92. The van der Waals surface area contributed by atoms with Gasteiger partial charge in [-0.1, -0.05) is 17.4 Å². The number of aromatic nitrogens is 1. The molecule has 1 aliphatic heterocycles. The molecule has 0 saturated carbocycles. The molecule has 0 radical (unpaired) electrons. The standard InChI is InChI=1S/C23H26FN3O4S2/c1-16-3-8-20-22(17(16)2)25-23(32-20)27(10-9-26-11-13-31-14-12-26)21(28)15-33(29,30)19-6-4-18(24)5-7-19/h3-8H,9-15H2,1-2H3. The van der Waals surface area contributed by atoms with E-state index >= 15 is 0 Å². The van der Waals surface area contributed by atoms with Gasteiger partial charge in [0, 0.05) is 26.2 Å². The fraction of sp³-hybridized carbons (Fsp3) is 0.391. The Hall–Kier alpha value is -2.40. The van der Waals surface area contributed by atoms with Gasteiger partial charge < -0.3 is 4.74 Å². The van der Waals surface area contributed by atoms with E-state index in [1.807, 2.05) is 26.0 Å². The maximum absolute atomic E-state index is 13.3. The van der Waals surface area contributed by atoms with E-state index in [1.165, 1.54) is 28.4 Å². The van der Waals surface area contributed by atoms with Crippen LogP contribution in [0.25, 0.3) is 10.2 Å². The molecule has 0 N–H and O–H groups in total. The molecule has 1 amide bonds. The van der Waals surface area contributed by atoms with Crippen LogP contribution >= 0.6 is 11.3 Å². The first-order valence-electron chi connectivity index (χ1n) is 10.7. The third kappa shape index (κ3) is 5.40. The number of sulfone groups is 1. The Morgan fingerprint density at radius 1 is 1.15 bits per heavy atom. The quantitative estimate of drug-likeness (QED) is 0.473. The van der Waals surface area contributed by atoms with Crippen molar-refractivity contribution in [3.05, 3.63) is 53.3 Å². The van der Waals surface area contributed by atoms with Gasteiger partial charge in [-0.25, -0.2) is 17.8 Å². The van der Waals surface area contributed by atoms with Crippen molar-refractivity contribution in [1.29, 1.82) is 0 Å². The lowest BCUT2D eigenvalue weighted by atomic mass is 10.1. The minimum atomic E-state index is -3.93. The summed E-state index contributed by atoms with van der Waals surface area (Å²) < 4.78 is 45.3. The molecule has 1 fully saturated rings. The number of carbonyl (C=O) groups is 1. The van der Waals surface area contributed by atoms with E-state index in [0.717, 1.165) is 46.6 Å². The SMILES string of the molecule is Cc1ccc2sc(N(CCN3CCOCC3)C(=O)CS(=O)(=O)c3ccc(F)cc3)nc2c1C. The Bertz CT molecular complexity index is 1250. The van der Waals surface area contributed by atoms with Crippen LogP contribution in [0.4, 0.5) is 9.52 Å². The zero-order chi connectivity index (χ0) is 23.6. The summed E-state index contributed by atoms with van der Waals surface area (Å²) in [5, 5.41) is 0.478. The van der Waals surface area contributed by atoms with Gasteiger partial charge in [0.2, 0.25) is 5.91 Å². The van der Waals surface area contributed by atoms with Crippen LogP contribution in [-0.4, -0.2) is 69.4 Å². The second kappa shape index (κ2) is 9.84. The van der Waals surface area contributed by atoms with Crippen LogP contribution < -0.4 is 4.90 Å². The van der Waals surface area contributed by atoms with Crippen LogP contribution in [0.3, 0.4) is 0 Å². The molecule has 2 aromatic carbocycles. The van der Waals surface area contributed by atoms with Crippen molar-refractivity contribution in [2.45, 2.75) is 18.7 Å². The molecule has 1 aromatic heterocycles. The second-order valence-corrected chi connectivity index (χ2v) is 11.1. The van der Waals surface area contributed by atoms with Crippen molar-refractivity contribution in [2.75, 3.05) is 50.0 Å². The molecule has 0 unspecified atom stereocenters. The maximum Gasteiger partial charge on any atom is 0.244 e. The van der Waals surface area contributed by atoms with Crippen LogP contribution in [0.1, 0.15) is 11.1 Å². The summed E-state index contributed by atoms with van der Waals surface area (Å²) in [7, 11) is -3.93. The Morgan fingerprint density at radius 3 is 2.55 bits per heavy atom. The average molecular weight is 492 g/mol. The van der Waals surface area contributed by atoms with Crippen molar-refractivity contribution in [3.8, 4) is 0 Å². The molecular formula is C23H26FN3O4S2. The predicted molar refractivity (Wildman–Crippen MR) is 127 cm³/mol. The molecule has 176 valence electrons. The number of carbonyl (C=O) groups excluding carboxylic acids is 1. The smallest absolute Gasteiger partial charge is 0.244 e. The number of hydrogen-bond donors (Lipinski definition) is 0. The van der Waals surface area contributed by atoms with Gasteiger partial charge in [0.15, 0.2) is 15.0 Å². The van der Waals surface area contributed by atoms with Crippen LogP contribution in [0, 0.1) is 19.7 Å². The number of morpholine rings is 1. The van der Waals surface area contributed by atoms with E-state index in [4.69, 9.17) is 9.72 Å². The summed E-state index contributed by atoms with van der Waals surface area (Å²) >= 11 is 1.37. The lowest BCUT2D eigenvalue weighted by Gasteiger charge is -2.29. The molecular weight excluding hydrogens is 465 g/mol. The van der Waals surface area contributed by atoms with E-state index in [0.29, 0.717) is 31.4 Å². The van der Waals surface area contributed by atoms with E-state index in [9.17, 15) is 17.6 Å². The highest BCUT2D eigenvalue weighted by atomic mass is 32.2. The van der Waals surface area contributed by atoms with Crippen molar-refractivity contribution >= 4 is 42.4 Å². The molecule has 4 rings (SSSR count). The van der Waals surface area contributed by atoms with Crippen LogP contribution in [0.2, 0.25) is 0 Å². The van der Waals surface area contributed by atoms with Gasteiger partial charge in [-0.2, -0.15) is 0 Å². The van der Waals surface area contributed by atoms with Crippen molar-refractivity contribution in [3.63, 3.8) is 0 Å². The van der Waals surface area contributed by atoms with Crippen molar-refractivity contribution < 1.29 is 22.3 Å². The minimum absolute atomic E-state index is 0.0823. The van der Waals surface area contributed by atoms with Gasteiger partial charge in [0.1, 0.15) is 11.6 Å². The Morgan fingerprint density at radius 2 is 1.85 bits per heavy atom. The fourth-order valence-electron chi connectivity index (χ4n) is 3.69. The van der Waals surface area contributed by atoms with Gasteiger partial charge in [-0.05, 0) is 55.3 Å². The van der Waals surface area contributed by atoms with Gasteiger partial charge in [0.05, 0.1) is 28.3 Å². The highest BCUT2D eigenvalue weighted by Crippen LogP contribution is 2.32. The maximum atomic E-state index is 13.3. The Balaban J connectivity index is 1.62. The second-order valence-electron chi connectivity index (χ2n) is 8.06. The van der Waals surface area contributed by atoms with Gasteiger partial charge in [0.25, 0.3) is 0 Å². The number of fused-ring (bicyclic) bond motifs is 1. The lowest BCUT2D eigenvalue weighted by molar-refractivity contribution is -0.116. The first kappa shape index (κ1) is 23.7. The molecule has 1 saturated heterocycles. The van der Waals surface area contributed by atoms with Crippen LogP contribution in [0.15, 0.2) is 41.3 Å². The number of benzene rings is 2. The number of amides is 1. The van der Waals surface area contributed by atoms with Gasteiger partial charge in [-0.15, -0.1) is 0 Å². The molecule has 3 aromatic rings. The first-order valence-corrected chi connectivity index (χ1v) is 13.2. The molecule has 2 heterocycles. The van der Waals surface area contributed by atoms with E-state index in [-0.39, 0.29) is 4.90 Å². The molecule has 33 heavy (non-hydrogen) atoms. The monoisotopic (exact) mass is 491 g/mol. The summed E-state index contributed by atoms with van der Waals surface area (Å²) in [6.45, 7) is 7.67. The minimum Gasteiger partial charge on any atom is -0.379 e. The summed E-state index contributed by atoms with van der Waals surface area (Å²) in [6.07, 6.45) is 0. The summed E-state index contributed by atoms with van der Waals surface area (Å²) in [4.78, 5) is 21.6. The molecule has 0 atom stereocenters. The number of rotatable bonds is 7. The number of anilines is 1. The highest BCUT2D eigenvalue weighted by Gasteiger charge is 2.27. The number of hydrogen-bond acceptors (Lipinski definition) is 7. The molecule has 10 heteroatoms. The molecule has 0 spiro atoms. The number of thiazole rings is 1. The van der Waals surface area contributed by atoms with Crippen LogP contribution in [0.5, 0.6) is 0 Å². The summed E-state index contributed by atoms with van der Waals surface area (Å²) in [5.41, 5.74) is 2.96. The summed E-state index contributed by atoms with van der Waals surface area (Å²) in [6, 6.07) is 8.50. The number of halogens is 1. The largest absolute Gasteiger partial charge is 0.379 e. The third-order valence-electron chi connectivity index (χ3n) is 5.84. The molecule has 7 nitrogen and oxygen atoms in total. The number of ether oxygens (including phenoxy) is 1. The van der Waals surface area contributed by atoms with Crippen molar-refractivity contribution in [1.82, 2.24) is 9.88 Å². The van der Waals surface area contributed by atoms with Gasteiger partial charge >= 0.3 is 0 Å². The average Bonchev–Trinajstić information content (AvgIpc) is 3.22.